The SMILES string of the molecule is COC(=O)c1ccc2c(c1)N(C[C@@H]1CC[C@H]1CNC(=O)C[C@H](C)[C@H](C)S(=O)(=O)c1ncccn1)CC1(CCCc3cc(Cl)ccc31)CO2. The van der Waals surface area contributed by atoms with E-state index in [1.807, 2.05) is 18.2 Å². The normalized spacial score (nSPS) is 23.0. The van der Waals surface area contributed by atoms with Crippen molar-refractivity contribution >= 4 is 39.0 Å². The summed E-state index contributed by atoms with van der Waals surface area (Å²) in [5.41, 5.74) is 3.63. The highest BCUT2D eigenvalue weighted by Crippen LogP contribution is 2.46. The molecule has 1 unspecified atom stereocenters. The van der Waals surface area contributed by atoms with E-state index in [1.54, 1.807) is 26.0 Å². The second-order valence-corrected chi connectivity index (χ2v) is 16.3. The molecule has 3 aromatic rings. The lowest BCUT2D eigenvalue weighted by Crippen LogP contribution is -2.49. The Morgan fingerprint density at radius 2 is 1.90 bits per heavy atom. The van der Waals surface area contributed by atoms with Crippen molar-refractivity contribution in [3.63, 3.8) is 0 Å². The van der Waals surface area contributed by atoms with Crippen LogP contribution in [0.5, 0.6) is 5.75 Å². The van der Waals surface area contributed by atoms with Gasteiger partial charge in [-0.2, -0.15) is 0 Å². The van der Waals surface area contributed by atoms with E-state index in [-0.39, 0.29) is 28.8 Å². The molecule has 3 aliphatic rings. The molecule has 1 fully saturated rings. The molecule has 10 nitrogen and oxygen atoms in total. The van der Waals surface area contributed by atoms with Gasteiger partial charge in [-0.3, -0.25) is 4.79 Å². The predicted octanol–water partition coefficient (Wildman–Crippen LogP) is 5.42. The van der Waals surface area contributed by atoms with Crippen molar-refractivity contribution in [3.05, 3.63) is 76.6 Å². The van der Waals surface area contributed by atoms with Crippen LogP contribution in [0.25, 0.3) is 0 Å². The maximum Gasteiger partial charge on any atom is 0.337 e. The van der Waals surface area contributed by atoms with E-state index in [9.17, 15) is 18.0 Å². The zero-order valence-corrected chi connectivity index (χ0v) is 29.2. The number of aromatic nitrogens is 2. The second-order valence-electron chi connectivity index (χ2n) is 13.6. The first kappa shape index (κ1) is 34.2. The van der Waals surface area contributed by atoms with Gasteiger partial charge in [0.05, 0.1) is 30.2 Å². The number of carbonyl (C=O) groups is 2. The van der Waals surface area contributed by atoms with E-state index in [0.29, 0.717) is 24.6 Å². The molecule has 1 saturated carbocycles. The molecule has 1 aromatic heterocycles. The van der Waals surface area contributed by atoms with Gasteiger partial charge >= 0.3 is 5.97 Å². The molecule has 2 heterocycles. The zero-order valence-electron chi connectivity index (χ0n) is 27.7. The minimum absolute atomic E-state index is 0.0870. The number of benzene rings is 2. The largest absolute Gasteiger partial charge is 0.490 e. The first-order valence-corrected chi connectivity index (χ1v) is 18.6. The number of ether oxygens (including phenoxy) is 2. The van der Waals surface area contributed by atoms with Gasteiger partial charge in [0.2, 0.25) is 20.9 Å². The Morgan fingerprint density at radius 3 is 2.62 bits per heavy atom. The number of anilines is 1. The number of halogens is 1. The van der Waals surface area contributed by atoms with Gasteiger partial charge in [0.1, 0.15) is 5.75 Å². The van der Waals surface area contributed by atoms with Crippen LogP contribution in [-0.2, 0) is 31.2 Å². The van der Waals surface area contributed by atoms with Gasteiger partial charge < -0.3 is 19.7 Å². The van der Waals surface area contributed by atoms with Crippen molar-refractivity contribution in [2.75, 3.05) is 38.3 Å². The molecule has 0 saturated heterocycles. The molecule has 1 aliphatic heterocycles. The molecule has 5 atom stereocenters. The van der Waals surface area contributed by atoms with Crippen LogP contribution in [0.2, 0.25) is 5.02 Å². The summed E-state index contributed by atoms with van der Waals surface area (Å²) in [7, 11) is -2.38. The monoisotopic (exact) mass is 694 g/mol. The lowest BCUT2D eigenvalue weighted by Gasteiger charge is -2.44. The molecule has 48 heavy (non-hydrogen) atoms. The molecule has 1 amide bonds. The number of rotatable bonds is 10. The minimum Gasteiger partial charge on any atom is -0.490 e. The van der Waals surface area contributed by atoms with Crippen LogP contribution in [0, 0.1) is 17.8 Å². The van der Waals surface area contributed by atoms with E-state index in [2.05, 4.69) is 32.3 Å². The quantitative estimate of drug-likeness (QED) is 0.219. The number of esters is 1. The van der Waals surface area contributed by atoms with Crippen LogP contribution >= 0.6 is 11.6 Å². The van der Waals surface area contributed by atoms with Crippen molar-refractivity contribution < 1.29 is 27.5 Å². The fraction of sp³-hybridized carbons (Fsp3) is 0.500. The Labute approximate surface area is 287 Å². The number of hydrogen-bond donors (Lipinski definition) is 1. The topological polar surface area (TPSA) is 128 Å². The fourth-order valence-corrected chi connectivity index (χ4v) is 9.12. The maximum atomic E-state index is 13.0. The minimum atomic E-state index is -3.76. The predicted molar refractivity (Wildman–Crippen MR) is 183 cm³/mol. The summed E-state index contributed by atoms with van der Waals surface area (Å²) in [4.78, 5) is 35.8. The Kier molecular flexibility index (Phi) is 9.99. The molecule has 2 aliphatic carbocycles. The van der Waals surface area contributed by atoms with E-state index in [4.69, 9.17) is 21.1 Å². The first-order chi connectivity index (χ1) is 23.0. The van der Waals surface area contributed by atoms with E-state index >= 15 is 0 Å². The number of hydrogen-bond acceptors (Lipinski definition) is 9. The molecule has 2 aromatic carbocycles. The van der Waals surface area contributed by atoms with Gasteiger partial charge in [0.25, 0.3) is 0 Å². The van der Waals surface area contributed by atoms with Crippen molar-refractivity contribution in [2.24, 2.45) is 17.8 Å². The maximum absolute atomic E-state index is 13.0. The molecule has 12 heteroatoms. The summed E-state index contributed by atoms with van der Waals surface area (Å²) in [5.74, 6) is 0.341. The third-order valence-electron chi connectivity index (χ3n) is 10.6. The highest BCUT2D eigenvalue weighted by Gasteiger charge is 2.43. The second kappa shape index (κ2) is 14.0. The standard InChI is InChI=1S/C36H43ClN4O6S/c1-23(24(2)48(44,45)35-38-14-5-15-39-35)16-33(42)40-19-27-7-8-28(27)20-41-21-36(13-4-6-25-17-29(37)10-11-30(25)36)22-47-32-12-9-26(18-31(32)41)34(43)46-3/h5,9-12,14-15,17-18,23-24,27-28H,4,6-8,13,16,19-22H2,1-3H3,(H,40,42)/t23-,24-,27-,28-,36?/m0/s1. The van der Waals surface area contributed by atoms with Crippen LogP contribution < -0.4 is 15.0 Å². The van der Waals surface area contributed by atoms with Gasteiger partial charge in [-0.15, -0.1) is 0 Å². The summed E-state index contributed by atoms with van der Waals surface area (Å²) < 4.78 is 37.6. The lowest BCUT2D eigenvalue weighted by atomic mass is 9.69. The summed E-state index contributed by atoms with van der Waals surface area (Å²) >= 11 is 6.40. The average molecular weight is 695 g/mol. The molecule has 6 rings (SSSR count). The number of nitrogens with zero attached hydrogens (tertiary/aromatic N) is 3. The Balaban J connectivity index is 1.16. The number of carbonyl (C=O) groups excluding carboxylic acids is 2. The molecule has 256 valence electrons. The van der Waals surface area contributed by atoms with Gasteiger partial charge in [-0.05, 0) is 104 Å². The molecule has 0 radical (unpaired) electrons. The number of methoxy groups -OCH3 is 1. The summed E-state index contributed by atoms with van der Waals surface area (Å²) in [6.45, 7) is 5.89. The van der Waals surface area contributed by atoms with Crippen LogP contribution in [0.3, 0.4) is 0 Å². The smallest absolute Gasteiger partial charge is 0.337 e. The van der Waals surface area contributed by atoms with Gasteiger partial charge in [-0.1, -0.05) is 24.6 Å². The molecular formula is C36H43ClN4O6S. The van der Waals surface area contributed by atoms with E-state index < -0.39 is 27.0 Å². The van der Waals surface area contributed by atoms with Gasteiger partial charge in [0.15, 0.2) is 0 Å². The molecule has 0 bridgehead atoms. The number of fused-ring (bicyclic) bond motifs is 3. The average Bonchev–Trinajstić information content (AvgIpc) is 3.23. The highest BCUT2D eigenvalue weighted by molar-refractivity contribution is 7.91. The van der Waals surface area contributed by atoms with Gasteiger partial charge in [-0.25, -0.2) is 23.2 Å². The van der Waals surface area contributed by atoms with E-state index in [0.717, 1.165) is 61.7 Å². The van der Waals surface area contributed by atoms with E-state index in [1.165, 1.54) is 30.6 Å². The van der Waals surface area contributed by atoms with Crippen LogP contribution in [0.1, 0.15) is 67.4 Å². The fourth-order valence-electron chi connectivity index (χ4n) is 7.47. The highest BCUT2D eigenvalue weighted by atomic mass is 35.5. The molecule has 1 N–H and O–H groups in total. The van der Waals surface area contributed by atoms with Crippen LogP contribution in [0.15, 0.2) is 60.0 Å². The number of aryl methyl sites for hydroxylation is 1. The van der Waals surface area contributed by atoms with Crippen molar-refractivity contribution in [2.45, 2.75) is 68.2 Å². The molecule has 1 spiro atoms. The third kappa shape index (κ3) is 6.89. The summed E-state index contributed by atoms with van der Waals surface area (Å²) in [6.07, 6.45) is 7.88. The number of sulfone groups is 1. The Morgan fingerprint density at radius 1 is 1.12 bits per heavy atom. The first-order valence-electron chi connectivity index (χ1n) is 16.7. The number of amides is 1. The third-order valence-corrected chi connectivity index (χ3v) is 13.0. The Hall–Kier alpha value is -3.70. The molecular weight excluding hydrogens is 652 g/mol. The number of nitrogens with one attached hydrogen (secondary N) is 1. The van der Waals surface area contributed by atoms with Crippen molar-refractivity contribution in [1.29, 1.82) is 0 Å². The lowest BCUT2D eigenvalue weighted by molar-refractivity contribution is -0.122. The van der Waals surface area contributed by atoms with Crippen LogP contribution in [-0.4, -0.2) is 68.9 Å². The Bertz CT molecular complexity index is 1770. The summed E-state index contributed by atoms with van der Waals surface area (Å²) in [6, 6.07) is 13.2. The summed E-state index contributed by atoms with van der Waals surface area (Å²) in [5, 5.41) is 2.79. The van der Waals surface area contributed by atoms with Crippen LogP contribution in [0.4, 0.5) is 5.69 Å². The van der Waals surface area contributed by atoms with Gasteiger partial charge in [0, 0.05) is 48.9 Å². The van der Waals surface area contributed by atoms with Crippen molar-refractivity contribution in [1.82, 2.24) is 15.3 Å². The van der Waals surface area contributed by atoms with Crippen molar-refractivity contribution in [3.8, 4) is 5.75 Å². The zero-order chi connectivity index (χ0) is 34.1.